The molecule has 0 saturated carbocycles. The van der Waals surface area contributed by atoms with Gasteiger partial charge in [0.1, 0.15) is 5.92 Å². The number of carbonyl (C=O) groups excluding carboxylic acids is 1. The first-order chi connectivity index (χ1) is 7.63. The van der Waals surface area contributed by atoms with Crippen LogP contribution in [0.15, 0.2) is 12.2 Å². The normalized spacial score (nSPS) is 12.9. The highest BCUT2D eigenvalue weighted by molar-refractivity contribution is 6.04. The van der Waals surface area contributed by atoms with E-state index < -0.39 is 11.9 Å². The van der Waals surface area contributed by atoms with Crippen LogP contribution in [0.4, 0.5) is 0 Å². The summed E-state index contributed by atoms with van der Waals surface area (Å²) in [7, 11) is 0. The Morgan fingerprint density at radius 3 is 2.38 bits per heavy atom. The van der Waals surface area contributed by atoms with E-state index in [4.69, 9.17) is 10.8 Å². The van der Waals surface area contributed by atoms with Gasteiger partial charge in [-0.15, -0.1) is 0 Å². The first-order valence-corrected chi connectivity index (χ1v) is 5.73. The lowest BCUT2D eigenvalue weighted by Gasteiger charge is -2.08. The number of carbonyl (C=O) groups is 2. The van der Waals surface area contributed by atoms with Crippen molar-refractivity contribution in [2.75, 3.05) is 6.54 Å². The van der Waals surface area contributed by atoms with Crippen molar-refractivity contribution >= 4 is 11.8 Å². The van der Waals surface area contributed by atoms with Crippen LogP contribution >= 0.6 is 0 Å². The SMILES string of the molecule is CC=CC(=O)C(CCCCCCN)C(=O)O. The number of nitrogens with two attached hydrogens (primary N) is 1. The molecule has 0 rings (SSSR count). The maximum atomic E-state index is 11.4. The molecule has 0 heterocycles. The molecule has 0 spiro atoms. The van der Waals surface area contributed by atoms with Crippen molar-refractivity contribution in [3.63, 3.8) is 0 Å². The molecule has 0 saturated heterocycles. The molecule has 16 heavy (non-hydrogen) atoms. The molecule has 92 valence electrons. The molecule has 0 aromatic rings. The summed E-state index contributed by atoms with van der Waals surface area (Å²) >= 11 is 0. The topological polar surface area (TPSA) is 80.4 Å². The maximum Gasteiger partial charge on any atom is 0.314 e. The van der Waals surface area contributed by atoms with Gasteiger partial charge in [0.2, 0.25) is 0 Å². The van der Waals surface area contributed by atoms with E-state index in [1.54, 1.807) is 13.0 Å². The van der Waals surface area contributed by atoms with E-state index >= 15 is 0 Å². The van der Waals surface area contributed by atoms with Gasteiger partial charge in [-0.3, -0.25) is 9.59 Å². The number of carboxylic acids is 1. The molecule has 1 atom stereocenters. The molecule has 0 aromatic heterocycles. The number of unbranched alkanes of at least 4 members (excludes halogenated alkanes) is 3. The van der Waals surface area contributed by atoms with Crippen molar-refractivity contribution in [1.29, 1.82) is 0 Å². The lowest BCUT2D eigenvalue weighted by atomic mass is 9.96. The Hall–Kier alpha value is -1.16. The quantitative estimate of drug-likeness (QED) is 0.357. The minimum absolute atomic E-state index is 0.311. The molecule has 0 aliphatic carbocycles. The smallest absolute Gasteiger partial charge is 0.314 e. The second-order valence-corrected chi connectivity index (χ2v) is 3.78. The van der Waals surface area contributed by atoms with Crippen molar-refractivity contribution in [2.24, 2.45) is 11.7 Å². The van der Waals surface area contributed by atoms with Crippen LogP contribution in [0, 0.1) is 5.92 Å². The number of aliphatic carboxylic acids is 1. The van der Waals surface area contributed by atoms with E-state index in [9.17, 15) is 9.59 Å². The van der Waals surface area contributed by atoms with Crippen molar-refractivity contribution in [3.8, 4) is 0 Å². The molecule has 0 aromatic carbocycles. The second-order valence-electron chi connectivity index (χ2n) is 3.78. The third kappa shape index (κ3) is 6.35. The lowest BCUT2D eigenvalue weighted by molar-refractivity contribution is -0.145. The Kier molecular flexibility index (Phi) is 8.43. The number of allylic oxidation sites excluding steroid dienone is 2. The number of ketones is 1. The summed E-state index contributed by atoms with van der Waals surface area (Å²) in [5.41, 5.74) is 5.35. The van der Waals surface area contributed by atoms with Gasteiger partial charge < -0.3 is 10.8 Å². The standard InChI is InChI=1S/C12H21NO3/c1-2-7-11(14)10(12(15)16)8-5-3-4-6-9-13/h2,7,10H,3-6,8-9,13H2,1H3,(H,15,16). The number of hydrogen-bond donors (Lipinski definition) is 2. The average molecular weight is 227 g/mol. The molecular weight excluding hydrogens is 206 g/mol. The van der Waals surface area contributed by atoms with Gasteiger partial charge in [-0.1, -0.05) is 25.3 Å². The Labute approximate surface area is 96.5 Å². The first-order valence-electron chi connectivity index (χ1n) is 5.73. The van der Waals surface area contributed by atoms with Crippen molar-refractivity contribution in [2.45, 2.75) is 39.0 Å². The summed E-state index contributed by atoms with van der Waals surface area (Å²) in [5, 5.41) is 8.90. The molecule has 0 aliphatic rings. The van der Waals surface area contributed by atoms with E-state index in [0.717, 1.165) is 25.7 Å². The monoisotopic (exact) mass is 227 g/mol. The molecule has 1 unspecified atom stereocenters. The van der Waals surface area contributed by atoms with E-state index in [0.29, 0.717) is 13.0 Å². The highest BCUT2D eigenvalue weighted by Gasteiger charge is 2.22. The molecule has 0 radical (unpaired) electrons. The third-order valence-electron chi connectivity index (χ3n) is 2.42. The van der Waals surface area contributed by atoms with Crippen LogP contribution in [0.5, 0.6) is 0 Å². The summed E-state index contributed by atoms with van der Waals surface area (Å²) in [5.74, 6) is -2.22. The summed E-state index contributed by atoms with van der Waals surface area (Å²) in [4.78, 5) is 22.3. The van der Waals surface area contributed by atoms with Gasteiger partial charge in [-0.25, -0.2) is 0 Å². The van der Waals surface area contributed by atoms with Crippen molar-refractivity contribution < 1.29 is 14.7 Å². The Morgan fingerprint density at radius 2 is 1.88 bits per heavy atom. The van der Waals surface area contributed by atoms with Gasteiger partial charge in [-0.2, -0.15) is 0 Å². The fourth-order valence-corrected chi connectivity index (χ4v) is 1.51. The molecular formula is C12H21NO3. The highest BCUT2D eigenvalue weighted by Crippen LogP contribution is 2.13. The molecule has 0 aliphatic heterocycles. The van der Waals surface area contributed by atoms with Crippen molar-refractivity contribution in [3.05, 3.63) is 12.2 Å². The van der Waals surface area contributed by atoms with Crippen LogP contribution in [0.1, 0.15) is 39.0 Å². The Bertz CT molecular complexity index is 249. The lowest BCUT2D eigenvalue weighted by Crippen LogP contribution is -2.22. The minimum atomic E-state index is -1.03. The number of rotatable bonds is 9. The van der Waals surface area contributed by atoms with Gasteiger partial charge in [0.15, 0.2) is 5.78 Å². The van der Waals surface area contributed by atoms with Crippen LogP contribution in [-0.4, -0.2) is 23.4 Å². The number of carboxylic acid groups (broad SMARTS) is 1. The second kappa shape index (κ2) is 9.09. The van der Waals surface area contributed by atoms with Crippen LogP contribution in [-0.2, 0) is 9.59 Å². The fraction of sp³-hybridized carbons (Fsp3) is 0.667. The van der Waals surface area contributed by atoms with Crippen LogP contribution < -0.4 is 5.73 Å². The molecule has 3 N–H and O–H groups in total. The van der Waals surface area contributed by atoms with Gasteiger partial charge in [0.25, 0.3) is 0 Å². The predicted molar refractivity (Wildman–Crippen MR) is 63.1 cm³/mol. The van der Waals surface area contributed by atoms with E-state index in [1.165, 1.54) is 6.08 Å². The molecule has 0 bridgehead atoms. The zero-order valence-electron chi connectivity index (χ0n) is 9.82. The van der Waals surface area contributed by atoms with Crippen molar-refractivity contribution in [1.82, 2.24) is 0 Å². The maximum absolute atomic E-state index is 11.4. The molecule has 0 fully saturated rings. The Balaban J connectivity index is 3.95. The first kappa shape index (κ1) is 14.8. The van der Waals surface area contributed by atoms with Gasteiger partial charge >= 0.3 is 5.97 Å². The summed E-state index contributed by atoms with van der Waals surface area (Å²) in [6.07, 6.45) is 6.99. The summed E-state index contributed by atoms with van der Waals surface area (Å²) in [6.45, 7) is 2.37. The Morgan fingerprint density at radius 1 is 1.25 bits per heavy atom. The zero-order chi connectivity index (χ0) is 12.4. The van der Waals surface area contributed by atoms with Crippen LogP contribution in [0.3, 0.4) is 0 Å². The average Bonchev–Trinajstić information content (AvgIpc) is 2.23. The summed E-state index contributed by atoms with van der Waals surface area (Å²) < 4.78 is 0. The van der Waals surface area contributed by atoms with E-state index in [2.05, 4.69) is 0 Å². The molecule has 4 heteroatoms. The van der Waals surface area contributed by atoms with Gasteiger partial charge in [0, 0.05) is 0 Å². The third-order valence-corrected chi connectivity index (χ3v) is 2.42. The van der Waals surface area contributed by atoms with E-state index in [1.807, 2.05) is 0 Å². The highest BCUT2D eigenvalue weighted by atomic mass is 16.4. The van der Waals surface area contributed by atoms with Crippen LogP contribution in [0.2, 0.25) is 0 Å². The molecule has 0 amide bonds. The van der Waals surface area contributed by atoms with E-state index in [-0.39, 0.29) is 5.78 Å². The predicted octanol–water partition coefficient (Wildman–Crippen LogP) is 1.74. The van der Waals surface area contributed by atoms with Gasteiger partial charge in [0.05, 0.1) is 0 Å². The zero-order valence-corrected chi connectivity index (χ0v) is 9.82. The van der Waals surface area contributed by atoms with Gasteiger partial charge in [-0.05, 0) is 32.4 Å². The minimum Gasteiger partial charge on any atom is -0.481 e. The van der Waals surface area contributed by atoms with Crippen LogP contribution in [0.25, 0.3) is 0 Å². The summed E-state index contributed by atoms with van der Waals surface area (Å²) in [6, 6.07) is 0. The largest absolute Gasteiger partial charge is 0.481 e. The fourth-order valence-electron chi connectivity index (χ4n) is 1.51. The number of hydrogen-bond acceptors (Lipinski definition) is 3. The molecule has 4 nitrogen and oxygen atoms in total.